The minimum absolute atomic E-state index is 0.401. The van der Waals surface area contributed by atoms with Crippen molar-refractivity contribution in [1.29, 1.82) is 0 Å². The van der Waals surface area contributed by atoms with E-state index in [9.17, 15) is 4.79 Å². The van der Waals surface area contributed by atoms with Crippen LogP contribution >= 0.6 is 11.8 Å². The van der Waals surface area contributed by atoms with Gasteiger partial charge in [0.1, 0.15) is 0 Å². The van der Waals surface area contributed by atoms with Gasteiger partial charge in [0, 0.05) is 4.90 Å². The molecule has 0 aliphatic rings. The Morgan fingerprint density at radius 1 is 1.54 bits per heavy atom. The molecule has 0 aromatic heterocycles. The number of thioether (sulfide) groups is 1. The fourth-order valence-corrected chi connectivity index (χ4v) is 1.79. The number of hydrogen-bond donors (Lipinski definition) is 1. The number of carboxylic acids is 1. The summed E-state index contributed by atoms with van der Waals surface area (Å²) >= 11 is 1.65. The Labute approximate surface area is 82.0 Å². The van der Waals surface area contributed by atoms with Crippen LogP contribution in [0.25, 0.3) is 0 Å². The van der Waals surface area contributed by atoms with Crippen molar-refractivity contribution in [2.45, 2.75) is 18.7 Å². The topological polar surface area (TPSA) is 37.3 Å². The molecule has 2 nitrogen and oxygen atoms in total. The van der Waals surface area contributed by atoms with Gasteiger partial charge in [-0.25, -0.2) is 4.79 Å². The van der Waals surface area contributed by atoms with Crippen LogP contribution in [0, 0.1) is 6.92 Å². The summed E-state index contributed by atoms with van der Waals surface area (Å²) in [6.45, 7) is 3.86. The third-order valence-corrected chi connectivity index (χ3v) is 2.63. The van der Waals surface area contributed by atoms with E-state index in [1.165, 1.54) is 0 Å². The van der Waals surface area contributed by atoms with Gasteiger partial charge >= 0.3 is 5.97 Å². The number of aromatic carboxylic acids is 1. The molecule has 1 aromatic carbocycles. The molecule has 13 heavy (non-hydrogen) atoms. The fourth-order valence-electron chi connectivity index (χ4n) is 1.09. The molecule has 0 unspecified atom stereocenters. The van der Waals surface area contributed by atoms with E-state index in [2.05, 4.69) is 0 Å². The Bertz CT molecular complexity index is 321. The van der Waals surface area contributed by atoms with Crippen LogP contribution in [0.5, 0.6) is 0 Å². The quantitative estimate of drug-likeness (QED) is 0.755. The largest absolute Gasteiger partial charge is 0.478 e. The predicted octanol–water partition coefficient (Wildman–Crippen LogP) is 2.81. The number of aryl methyl sites for hydroxylation is 1. The molecular weight excluding hydrogens is 184 g/mol. The van der Waals surface area contributed by atoms with Gasteiger partial charge in [0.2, 0.25) is 0 Å². The minimum atomic E-state index is -0.851. The standard InChI is InChI=1S/C10H12O2S/c1-3-13-8-5-4-7(2)9(6-8)10(11)12/h4-6H,3H2,1-2H3,(H,11,12). The maximum absolute atomic E-state index is 10.8. The van der Waals surface area contributed by atoms with Crippen molar-refractivity contribution in [3.63, 3.8) is 0 Å². The molecule has 0 aliphatic heterocycles. The Kier molecular flexibility index (Phi) is 3.37. The third kappa shape index (κ3) is 2.49. The highest BCUT2D eigenvalue weighted by Gasteiger charge is 2.07. The first-order chi connectivity index (χ1) is 6.15. The van der Waals surface area contributed by atoms with Gasteiger partial charge in [-0.1, -0.05) is 13.0 Å². The lowest BCUT2D eigenvalue weighted by Crippen LogP contribution is -1.99. The summed E-state index contributed by atoms with van der Waals surface area (Å²) in [4.78, 5) is 11.8. The van der Waals surface area contributed by atoms with Crippen LogP contribution in [0.4, 0.5) is 0 Å². The summed E-state index contributed by atoms with van der Waals surface area (Å²) in [5.41, 5.74) is 1.21. The molecule has 0 saturated carbocycles. The third-order valence-electron chi connectivity index (χ3n) is 1.75. The number of rotatable bonds is 3. The van der Waals surface area contributed by atoms with Crippen molar-refractivity contribution in [2.75, 3.05) is 5.75 Å². The zero-order valence-electron chi connectivity index (χ0n) is 7.70. The molecule has 1 aromatic rings. The second kappa shape index (κ2) is 4.33. The van der Waals surface area contributed by atoms with Crippen LogP contribution in [-0.2, 0) is 0 Å². The van der Waals surface area contributed by atoms with Crippen LogP contribution in [0.15, 0.2) is 23.1 Å². The average Bonchev–Trinajstić information content (AvgIpc) is 2.08. The first-order valence-electron chi connectivity index (χ1n) is 4.12. The summed E-state index contributed by atoms with van der Waals surface area (Å²) in [5, 5.41) is 8.85. The van der Waals surface area contributed by atoms with Gasteiger partial charge < -0.3 is 5.11 Å². The number of benzene rings is 1. The summed E-state index contributed by atoms with van der Waals surface area (Å²) < 4.78 is 0. The van der Waals surface area contributed by atoms with Crippen molar-refractivity contribution >= 4 is 17.7 Å². The Morgan fingerprint density at radius 2 is 2.23 bits per heavy atom. The molecule has 0 spiro atoms. The Hall–Kier alpha value is -0.960. The second-order valence-electron chi connectivity index (χ2n) is 2.71. The van der Waals surface area contributed by atoms with Crippen LogP contribution in [0.2, 0.25) is 0 Å². The highest BCUT2D eigenvalue weighted by Crippen LogP contribution is 2.20. The molecule has 0 atom stereocenters. The van der Waals surface area contributed by atoms with E-state index in [0.29, 0.717) is 5.56 Å². The van der Waals surface area contributed by atoms with Crippen molar-refractivity contribution in [2.24, 2.45) is 0 Å². The normalized spacial score (nSPS) is 10.0. The van der Waals surface area contributed by atoms with E-state index in [0.717, 1.165) is 16.2 Å². The lowest BCUT2D eigenvalue weighted by molar-refractivity contribution is 0.0696. The number of hydrogen-bond acceptors (Lipinski definition) is 2. The molecule has 0 amide bonds. The first-order valence-corrected chi connectivity index (χ1v) is 5.10. The summed E-state index contributed by atoms with van der Waals surface area (Å²) in [7, 11) is 0. The van der Waals surface area contributed by atoms with Gasteiger partial charge in [0.25, 0.3) is 0 Å². The van der Waals surface area contributed by atoms with E-state index in [1.54, 1.807) is 17.8 Å². The van der Waals surface area contributed by atoms with Gasteiger partial charge in [-0.3, -0.25) is 0 Å². The highest BCUT2D eigenvalue weighted by molar-refractivity contribution is 7.99. The summed E-state index contributed by atoms with van der Waals surface area (Å²) in [6, 6.07) is 5.53. The lowest BCUT2D eigenvalue weighted by atomic mass is 10.1. The SMILES string of the molecule is CCSc1ccc(C)c(C(=O)O)c1. The Morgan fingerprint density at radius 3 is 2.77 bits per heavy atom. The maximum Gasteiger partial charge on any atom is 0.335 e. The highest BCUT2D eigenvalue weighted by atomic mass is 32.2. The van der Waals surface area contributed by atoms with Crippen LogP contribution in [0.3, 0.4) is 0 Å². The molecule has 3 heteroatoms. The molecule has 0 heterocycles. The molecule has 0 saturated heterocycles. The maximum atomic E-state index is 10.8. The summed E-state index contributed by atoms with van der Waals surface area (Å²) in [5.74, 6) is 0.110. The van der Waals surface area contributed by atoms with Gasteiger partial charge in [-0.2, -0.15) is 0 Å². The molecule has 0 aliphatic carbocycles. The van der Waals surface area contributed by atoms with E-state index >= 15 is 0 Å². The first kappa shape index (κ1) is 10.1. The molecule has 0 radical (unpaired) electrons. The molecular formula is C10H12O2S. The Balaban J connectivity index is 3.04. The van der Waals surface area contributed by atoms with Gasteiger partial charge in [-0.15, -0.1) is 11.8 Å². The fraction of sp³-hybridized carbons (Fsp3) is 0.300. The molecule has 70 valence electrons. The number of carboxylic acid groups (broad SMARTS) is 1. The zero-order valence-corrected chi connectivity index (χ0v) is 8.52. The van der Waals surface area contributed by atoms with Crippen LogP contribution in [0.1, 0.15) is 22.8 Å². The van der Waals surface area contributed by atoms with Crippen molar-refractivity contribution in [3.8, 4) is 0 Å². The second-order valence-corrected chi connectivity index (χ2v) is 4.05. The van der Waals surface area contributed by atoms with Gasteiger partial charge in [0.15, 0.2) is 0 Å². The molecule has 0 fully saturated rings. The van der Waals surface area contributed by atoms with E-state index in [-0.39, 0.29) is 0 Å². The minimum Gasteiger partial charge on any atom is -0.478 e. The van der Waals surface area contributed by atoms with Crippen LogP contribution < -0.4 is 0 Å². The van der Waals surface area contributed by atoms with E-state index < -0.39 is 5.97 Å². The smallest absolute Gasteiger partial charge is 0.335 e. The molecule has 0 bridgehead atoms. The predicted molar refractivity (Wildman–Crippen MR) is 54.5 cm³/mol. The van der Waals surface area contributed by atoms with Gasteiger partial charge in [-0.05, 0) is 30.4 Å². The van der Waals surface area contributed by atoms with Gasteiger partial charge in [0.05, 0.1) is 5.56 Å². The molecule has 1 N–H and O–H groups in total. The summed E-state index contributed by atoms with van der Waals surface area (Å²) in [6.07, 6.45) is 0. The van der Waals surface area contributed by atoms with Crippen molar-refractivity contribution in [1.82, 2.24) is 0 Å². The zero-order chi connectivity index (χ0) is 9.84. The average molecular weight is 196 g/mol. The van der Waals surface area contributed by atoms with E-state index in [1.807, 2.05) is 26.0 Å². The van der Waals surface area contributed by atoms with Crippen LogP contribution in [-0.4, -0.2) is 16.8 Å². The van der Waals surface area contributed by atoms with Crippen molar-refractivity contribution in [3.05, 3.63) is 29.3 Å². The molecule has 1 rings (SSSR count). The van der Waals surface area contributed by atoms with Crippen molar-refractivity contribution < 1.29 is 9.90 Å². The van der Waals surface area contributed by atoms with E-state index in [4.69, 9.17) is 5.11 Å². The lowest BCUT2D eigenvalue weighted by Gasteiger charge is -2.03. The monoisotopic (exact) mass is 196 g/mol. The number of carbonyl (C=O) groups is 1.